The minimum atomic E-state index is 0.306. The normalized spacial score (nSPS) is 13.0. The van der Waals surface area contributed by atoms with E-state index < -0.39 is 0 Å². The van der Waals surface area contributed by atoms with Crippen molar-refractivity contribution in [3.8, 4) is 0 Å². The van der Waals surface area contributed by atoms with E-state index >= 15 is 0 Å². The molecule has 0 aliphatic carbocycles. The number of aliphatic imine (C=N–C) groups is 1. The van der Waals surface area contributed by atoms with E-state index in [4.69, 9.17) is 9.15 Å². The monoisotopic (exact) mass is 349 g/mol. The molecule has 0 bridgehead atoms. The van der Waals surface area contributed by atoms with E-state index in [2.05, 4.69) is 41.6 Å². The first-order valence-electron chi connectivity index (χ1n) is 8.29. The molecule has 2 N–H and O–H groups in total. The van der Waals surface area contributed by atoms with Gasteiger partial charge in [0.05, 0.1) is 19.4 Å². The Labute approximate surface area is 148 Å². The molecule has 0 spiro atoms. The quantitative estimate of drug-likeness (QED) is 0.415. The highest BCUT2D eigenvalue weighted by atomic mass is 32.1. The summed E-state index contributed by atoms with van der Waals surface area (Å²) >= 11 is 1.85. The summed E-state index contributed by atoms with van der Waals surface area (Å²) < 4.78 is 10.4. The highest BCUT2D eigenvalue weighted by Gasteiger charge is 2.08. The SMILES string of the molecule is COCCN=C(NCCc1ccco1)NC(C)Cc1ccc(C)s1. The molecule has 0 radical (unpaired) electrons. The molecule has 2 rings (SSSR count). The van der Waals surface area contributed by atoms with Gasteiger partial charge in [-0.25, -0.2) is 0 Å². The van der Waals surface area contributed by atoms with Gasteiger partial charge in [-0.15, -0.1) is 11.3 Å². The molecular formula is C18H27N3O2S. The van der Waals surface area contributed by atoms with Crippen molar-refractivity contribution in [3.05, 3.63) is 46.0 Å². The highest BCUT2D eigenvalue weighted by Crippen LogP contribution is 2.16. The summed E-state index contributed by atoms with van der Waals surface area (Å²) in [5.41, 5.74) is 0. The van der Waals surface area contributed by atoms with Gasteiger partial charge in [0.25, 0.3) is 0 Å². The topological polar surface area (TPSA) is 58.8 Å². The number of nitrogens with one attached hydrogen (secondary N) is 2. The third-order valence-corrected chi connectivity index (χ3v) is 4.52. The van der Waals surface area contributed by atoms with Crippen molar-refractivity contribution >= 4 is 17.3 Å². The molecule has 5 nitrogen and oxygen atoms in total. The third kappa shape index (κ3) is 6.76. The lowest BCUT2D eigenvalue weighted by molar-refractivity contribution is 0.208. The van der Waals surface area contributed by atoms with Crippen LogP contribution in [0.25, 0.3) is 0 Å². The van der Waals surface area contributed by atoms with Crippen LogP contribution in [-0.4, -0.2) is 38.8 Å². The van der Waals surface area contributed by atoms with Crippen LogP contribution in [0.15, 0.2) is 39.9 Å². The Hall–Kier alpha value is -1.79. The first-order chi connectivity index (χ1) is 11.7. The van der Waals surface area contributed by atoms with Crippen molar-refractivity contribution in [3.63, 3.8) is 0 Å². The fourth-order valence-electron chi connectivity index (χ4n) is 2.34. The molecule has 24 heavy (non-hydrogen) atoms. The molecule has 132 valence electrons. The number of hydrogen-bond acceptors (Lipinski definition) is 4. The third-order valence-electron chi connectivity index (χ3n) is 3.50. The number of hydrogen-bond donors (Lipinski definition) is 2. The molecule has 0 aromatic carbocycles. The molecule has 2 aromatic heterocycles. The standard InChI is InChI=1S/C18H27N3O2S/c1-14(13-17-7-6-15(2)24-17)21-18(20-10-12-22-3)19-9-8-16-5-4-11-23-16/h4-7,11,14H,8-10,12-13H2,1-3H3,(H2,19,20,21). The number of methoxy groups -OCH3 is 1. The Balaban J connectivity index is 1.83. The van der Waals surface area contributed by atoms with Crippen molar-refractivity contribution in [2.45, 2.75) is 32.7 Å². The summed E-state index contributed by atoms with van der Waals surface area (Å²) in [6.45, 7) is 6.34. The van der Waals surface area contributed by atoms with Gasteiger partial charge in [0.2, 0.25) is 0 Å². The zero-order valence-corrected chi connectivity index (χ0v) is 15.5. The smallest absolute Gasteiger partial charge is 0.191 e. The summed E-state index contributed by atoms with van der Waals surface area (Å²) in [7, 11) is 1.69. The van der Waals surface area contributed by atoms with Crippen LogP contribution in [0, 0.1) is 6.92 Å². The Morgan fingerprint density at radius 2 is 2.25 bits per heavy atom. The molecule has 0 aliphatic heterocycles. The summed E-state index contributed by atoms with van der Waals surface area (Å²) in [5.74, 6) is 1.79. The number of nitrogens with zero attached hydrogens (tertiary/aromatic N) is 1. The van der Waals surface area contributed by atoms with Crippen LogP contribution in [0.4, 0.5) is 0 Å². The molecule has 0 fully saturated rings. The molecule has 0 amide bonds. The number of aryl methyl sites for hydroxylation is 1. The Morgan fingerprint density at radius 1 is 1.38 bits per heavy atom. The second kappa shape index (κ2) is 10.2. The average molecular weight is 350 g/mol. The molecular weight excluding hydrogens is 322 g/mol. The van der Waals surface area contributed by atoms with Gasteiger partial charge in [-0.3, -0.25) is 4.99 Å². The van der Waals surface area contributed by atoms with Gasteiger partial charge in [-0.1, -0.05) is 0 Å². The minimum Gasteiger partial charge on any atom is -0.469 e. The molecule has 0 saturated carbocycles. The number of thiophene rings is 1. The fourth-order valence-corrected chi connectivity index (χ4v) is 3.36. The molecule has 0 saturated heterocycles. The van der Waals surface area contributed by atoms with Crippen molar-refractivity contribution < 1.29 is 9.15 Å². The van der Waals surface area contributed by atoms with Crippen LogP contribution in [0.1, 0.15) is 22.4 Å². The Morgan fingerprint density at radius 3 is 2.92 bits per heavy atom. The van der Waals surface area contributed by atoms with Crippen LogP contribution in [0.5, 0.6) is 0 Å². The predicted octanol–water partition coefficient (Wildman–Crippen LogP) is 3.00. The second-order valence-electron chi connectivity index (χ2n) is 5.74. The minimum absolute atomic E-state index is 0.306. The highest BCUT2D eigenvalue weighted by molar-refractivity contribution is 7.11. The van der Waals surface area contributed by atoms with Crippen molar-refractivity contribution in [2.24, 2.45) is 4.99 Å². The molecule has 1 atom stereocenters. The maximum Gasteiger partial charge on any atom is 0.191 e. The van der Waals surface area contributed by atoms with Gasteiger partial charge in [0, 0.05) is 42.3 Å². The largest absolute Gasteiger partial charge is 0.469 e. The fraction of sp³-hybridized carbons (Fsp3) is 0.500. The van der Waals surface area contributed by atoms with E-state index in [1.807, 2.05) is 23.5 Å². The van der Waals surface area contributed by atoms with Gasteiger partial charge in [0.15, 0.2) is 5.96 Å². The Bertz CT molecular complexity index is 608. The number of rotatable bonds is 9. The van der Waals surface area contributed by atoms with Gasteiger partial charge in [-0.2, -0.15) is 0 Å². The zero-order chi connectivity index (χ0) is 17.2. The van der Waals surface area contributed by atoms with Gasteiger partial charge >= 0.3 is 0 Å². The molecule has 6 heteroatoms. The molecule has 0 aliphatic rings. The average Bonchev–Trinajstić information content (AvgIpc) is 3.19. The lowest BCUT2D eigenvalue weighted by Gasteiger charge is -2.18. The van der Waals surface area contributed by atoms with Crippen LogP contribution in [0.2, 0.25) is 0 Å². The molecule has 2 heterocycles. The van der Waals surface area contributed by atoms with E-state index in [0.29, 0.717) is 19.2 Å². The van der Waals surface area contributed by atoms with Crippen molar-refractivity contribution in [2.75, 3.05) is 26.8 Å². The number of ether oxygens (including phenoxy) is 1. The maximum absolute atomic E-state index is 5.36. The zero-order valence-electron chi connectivity index (χ0n) is 14.7. The van der Waals surface area contributed by atoms with E-state index in [1.165, 1.54) is 9.75 Å². The van der Waals surface area contributed by atoms with Crippen LogP contribution >= 0.6 is 11.3 Å². The van der Waals surface area contributed by atoms with Gasteiger partial charge < -0.3 is 19.8 Å². The van der Waals surface area contributed by atoms with E-state index in [-0.39, 0.29) is 0 Å². The number of furan rings is 1. The second-order valence-corrected chi connectivity index (χ2v) is 7.11. The van der Waals surface area contributed by atoms with E-state index in [1.54, 1.807) is 13.4 Å². The summed E-state index contributed by atoms with van der Waals surface area (Å²) in [6, 6.07) is 8.57. The van der Waals surface area contributed by atoms with E-state index in [9.17, 15) is 0 Å². The Kier molecular flexibility index (Phi) is 7.85. The lowest BCUT2D eigenvalue weighted by Crippen LogP contribution is -2.44. The summed E-state index contributed by atoms with van der Waals surface area (Å²) in [4.78, 5) is 7.30. The number of guanidine groups is 1. The molecule has 1 unspecified atom stereocenters. The van der Waals surface area contributed by atoms with Crippen LogP contribution in [-0.2, 0) is 17.6 Å². The van der Waals surface area contributed by atoms with E-state index in [0.717, 1.165) is 31.1 Å². The summed E-state index contributed by atoms with van der Waals surface area (Å²) in [5, 5.41) is 6.84. The molecule has 2 aromatic rings. The van der Waals surface area contributed by atoms with Crippen molar-refractivity contribution in [1.29, 1.82) is 0 Å². The van der Waals surface area contributed by atoms with Crippen LogP contribution < -0.4 is 10.6 Å². The first kappa shape index (κ1) is 18.5. The van der Waals surface area contributed by atoms with Gasteiger partial charge in [0.1, 0.15) is 5.76 Å². The van der Waals surface area contributed by atoms with Crippen molar-refractivity contribution in [1.82, 2.24) is 10.6 Å². The summed E-state index contributed by atoms with van der Waals surface area (Å²) in [6.07, 6.45) is 3.52. The predicted molar refractivity (Wildman–Crippen MR) is 100.0 cm³/mol. The van der Waals surface area contributed by atoms with Crippen LogP contribution in [0.3, 0.4) is 0 Å². The van der Waals surface area contributed by atoms with Gasteiger partial charge in [-0.05, 0) is 38.1 Å². The maximum atomic E-state index is 5.36. The lowest BCUT2D eigenvalue weighted by atomic mass is 10.2. The first-order valence-corrected chi connectivity index (χ1v) is 9.10.